The summed E-state index contributed by atoms with van der Waals surface area (Å²) in [6.07, 6.45) is 0.922. The quantitative estimate of drug-likeness (QED) is 0.799. The molecule has 2 aromatic carbocycles. The van der Waals surface area contributed by atoms with Gasteiger partial charge >= 0.3 is 0 Å². The zero-order valence-corrected chi connectivity index (χ0v) is 11.2. The van der Waals surface area contributed by atoms with Crippen LogP contribution in [0.2, 0.25) is 0 Å². The van der Waals surface area contributed by atoms with Crippen LogP contribution in [0.1, 0.15) is 34.3 Å². The molecule has 0 N–H and O–H groups in total. The summed E-state index contributed by atoms with van der Waals surface area (Å²) in [4.78, 5) is 24.9. The molecular weight excluding hydrogens is 250 g/mol. The number of amides is 1. The number of benzene rings is 2. The summed E-state index contributed by atoms with van der Waals surface area (Å²) in [6, 6.07) is 15.3. The highest BCUT2D eigenvalue weighted by Crippen LogP contribution is 2.28. The summed E-state index contributed by atoms with van der Waals surface area (Å²) in [7, 11) is 0. The van der Waals surface area contributed by atoms with E-state index in [1.165, 1.54) is 0 Å². The Labute approximate surface area is 117 Å². The highest BCUT2D eigenvalue weighted by Gasteiger charge is 2.27. The number of fused-ring (bicyclic) bond motifs is 1. The van der Waals surface area contributed by atoms with Gasteiger partial charge in [-0.25, -0.2) is 0 Å². The number of hydrogen-bond acceptors (Lipinski definition) is 2. The molecule has 0 aromatic heterocycles. The van der Waals surface area contributed by atoms with E-state index in [0.29, 0.717) is 6.54 Å². The van der Waals surface area contributed by atoms with Crippen molar-refractivity contribution in [3.63, 3.8) is 0 Å². The van der Waals surface area contributed by atoms with E-state index in [2.05, 4.69) is 0 Å². The summed E-state index contributed by atoms with van der Waals surface area (Å²) in [5.74, 6) is -0.0766. The predicted molar refractivity (Wildman–Crippen MR) is 77.9 cm³/mol. The molecule has 1 heterocycles. The van der Waals surface area contributed by atoms with E-state index in [4.69, 9.17) is 0 Å². The Morgan fingerprint density at radius 2 is 1.80 bits per heavy atom. The van der Waals surface area contributed by atoms with Crippen molar-refractivity contribution in [2.45, 2.75) is 19.4 Å². The number of aldehydes is 1. The second-order valence-electron chi connectivity index (χ2n) is 5.06. The lowest BCUT2D eigenvalue weighted by molar-refractivity contribution is -0.108. The van der Waals surface area contributed by atoms with Crippen molar-refractivity contribution in [1.29, 1.82) is 0 Å². The Kier molecular flexibility index (Phi) is 3.11. The van der Waals surface area contributed by atoms with Gasteiger partial charge in [0, 0.05) is 17.2 Å². The van der Waals surface area contributed by atoms with Crippen LogP contribution < -0.4 is 4.90 Å². The molecule has 3 nitrogen and oxygen atoms in total. The molecule has 3 rings (SSSR count). The fourth-order valence-electron chi connectivity index (χ4n) is 2.50. The van der Waals surface area contributed by atoms with Crippen LogP contribution >= 0.6 is 0 Å². The lowest BCUT2D eigenvalue weighted by atomic mass is 10.0. The van der Waals surface area contributed by atoms with Crippen molar-refractivity contribution >= 4 is 17.9 Å². The molecule has 0 aliphatic carbocycles. The van der Waals surface area contributed by atoms with Crippen LogP contribution in [0.4, 0.5) is 5.69 Å². The first-order valence-corrected chi connectivity index (χ1v) is 6.65. The highest BCUT2D eigenvalue weighted by molar-refractivity contribution is 6.09. The molecule has 0 saturated heterocycles. The second-order valence-corrected chi connectivity index (χ2v) is 5.06. The zero-order chi connectivity index (χ0) is 14.1. The van der Waals surface area contributed by atoms with Crippen LogP contribution in [0.3, 0.4) is 0 Å². The van der Waals surface area contributed by atoms with Gasteiger partial charge in [-0.2, -0.15) is 0 Å². The number of hydrogen-bond donors (Lipinski definition) is 0. The Balaban J connectivity index is 1.89. The molecule has 0 fully saturated rings. The van der Waals surface area contributed by atoms with Gasteiger partial charge in [-0.05, 0) is 29.3 Å². The maximum atomic E-state index is 12.3. The first-order valence-electron chi connectivity index (χ1n) is 6.65. The molecule has 1 amide bonds. The van der Waals surface area contributed by atoms with E-state index in [9.17, 15) is 9.59 Å². The van der Waals surface area contributed by atoms with Crippen LogP contribution in [-0.4, -0.2) is 12.2 Å². The monoisotopic (exact) mass is 265 g/mol. The van der Waals surface area contributed by atoms with Gasteiger partial charge in [0.1, 0.15) is 6.29 Å². The number of anilines is 1. The van der Waals surface area contributed by atoms with Gasteiger partial charge in [0.15, 0.2) is 0 Å². The summed E-state index contributed by atoms with van der Waals surface area (Å²) >= 11 is 0. The van der Waals surface area contributed by atoms with Gasteiger partial charge in [-0.3, -0.25) is 4.79 Å². The molecule has 100 valence electrons. The summed E-state index contributed by atoms with van der Waals surface area (Å²) < 4.78 is 0. The Morgan fingerprint density at radius 3 is 2.45 bits per heavy atom. The molecule has 0 radical (unpaired) electrons. The van der Waals surface area contributed by atoms with Gasteiger partial charge in [0.05, 0.1) is 6.54 Å². The molecule has 1 unspecified atom stereocenters. The van der Waals surface area contributed by atoms with Gasteiger partial charge in [0.2, 0.25) is 0 Å². The maximum Gasteiger partial charge on any atom is 0.258 e. The molecule has 2 aromatic rings. The summed E-state index contributed by atoms with van der Waals surface area (Å²) in [6.45, 7) is 2.47. The largest absolute Gasteiger partial charge is 0.304 e. The number of carbonyl (C=O) groups is 2. The van der Waals surface area contributed by atoms with Crippen molar-refractivity contribution in [2.75, 3.05) is 4.90 Å². The summed E-state index contributed by atoms with van der Waals surface area (Å²) in [5, 5.41) is 0. The Bertz CT molecular complexity index is 661. The highest BCUT2D eigenvalue weighted by atomic mass is 16.2. The lowest BCUT2D eigenvalue weighted by Gasteiger charge is -2.16. The van der Waals surface area contributed by atoms with E-state index in [0.717, 1.165) is 28.7 Å². The predicted octanol–water partition coefficient (Wildman–Crippen LogP) is 3.15. The van der Waals surface area contributed by atoms with E-state index < -0.39 is 0 Å². The third-order valence-corrected chi connectivity index (χ3v) is 3.76. The molecule has 1 aliphatic heterocycles. The van der Waals surface area contributed by atoms with E-state index >= 15 is 0 Å². The van der Waals surface area contributed by atoms with Gasteiger partial charge < -0.3 is 9.69 Å². The van der Waals surface area contributed by atoms with Gasteiger partial charge in [-0.15, -0.1) is 0 Å². The van der Waals surface area contributed by atoms with E-state index in [1.807, 2.05) is 55.5 Å². The van der Waals surface area contributed by atoms with Crippen LogP contribution in [-0.2, 0) is 11.3 Å². The van der Waals surface area contributed by atoms with Crippen LogP contribution in [0.25, 0.3) is 0 Å². The normalized spacial score (nSPS) is 15.1. The lowest BCUT2D eigenvalue weighted by Crippen LogP contribution is -2.22. The third-order valence-electron chi connectivity index (χ3n) is 3.76. The van der Waals surface area contributed by atoms with Crippen molar-refractivity contribution in [1.82, 2.24) is 0 Å². The van der Waals surface area contributed by atoms with Crippen LogP contribution in [0.15, 0.2) is 48.5 Å². The minimum Gasteiger partial charge on any atom is -0.304 e. The number of carbonyl (C=O) groups excluding carboxylic acids is 2. The molecular formula is C17H15NO2. The van der Waals surface area contributed by atoms with Crippen molar-refractivity contribution in [3.05, 3.63) is 65.2 Å². The maximum absolute atomic E-state index is 12.3. The minimum atomic E-state index is -0.115. The van der Waals surface area contributed by atoms with Gasteiger partial charge in [-0.1, -0.05) is 37.3 Å². The fourth-order valence-corrected chi connectivity index (χ4v) is 2.50. The first-order chi connectivity index (χ1) is 9.70. The molecule has 1 aliphatic rings. The molecule has 0 saturated carbocycles. The smallest absolute Gasteiger partial charge is 0.258 e. The second kappa shape index (κ2) is 4.93. The van der Waals surface area contributed by atoms with Crippen LogP contribution in [0, 0.1) is 0 Å². The van der Waals surface area contributed by atoms with Crippen molar-refractivity contribution < 1.29 is 9.59 Å². The van der Waals surface area contributed by atoms with E-state index in [-0.39, 0.29) is 11.8 Å². The molecule has 0 spiro atoms. The zero-order valence-electron chi connectivity index (χ0n) is 11.2. The Hall–Kier alpha value is -2.42. The van der Waals surface area contributed by atoms with Crippen LogP contribution in [0.5, 0.6) is 0 Å². The molecule has 0 bridgehead atoms. The van der Waals surface area contributed by atoms with E-state index in [1.54, 1.807) is 4.90 Å². The first kappa shape index (κ1) is 12.6. The summed E-state index contributed by atoms with van der Waals surface area (Å²) in [5.41, 5.74) is 3.67. The number of nitrogens with zero attached hydrogens (tertiary/aromatic N) is 1. The van der Waals surface area contributed by atoms with Crippen molar-refractivity contribution in [2.24, 2.45) is 0 Å². The van der Waals surface area contributed by atoms with Crippen molar-refractivity contribution in [3.8, 4) is 0 Å². The fraction of sp³-hybridized carbons (Fsp3) is 0.176. The standard InChI is InChI=1S/C17H15NO2/c1-12(11-19)13-6-8-15(9-7-13)18-10-14-4-2-3-5-16(14)17(18)20/h2-9,11-12H,10H2,1H3. The average Bonchev–Trinajstić information content (AvgIpc) is 2.84. The van der Waals surface area contributed by atoms with Gasteiger partial charge in [0.25, 0.3) is 5.91 Å². The third kappa shape index (κ3) is 2.01. The topological polar surface area (TPSA) is 37.4 Å². The average molecular weight is 265 g/mol. The minimum absolute atomic E-state index is 0.0387. The molecule has 1 atom stereocenters. The SMILES string of the molecule is CC(C=O)c1ccc(N2Cc3ccccc3C2=O)cc1. The number of rotatable bonds is 3. The Morgan fingerprint density at radius 1 is 1.10 bits per heavy atom. The molecule has 20 heavy (non-hydrogen) atoms. The molecule has 3 heteroatoms.